The summed E-state index contributed by atoms with van der Waals surface area (Å²) >= 11 is 0. The van der Waals surface area contributed by atoms with E-state index in [1.807, 2.05) is 13.8 Å². The third kappa shape index (κ3) is 3.83. The molecule has 5 nitrogen and oxygen atoms in total. The summed E-state index contributed by atoms with van der Waals surface area (Å²) < 4.78 is 18.5. The number of anilines is 1. The van der Waals surface area contributed by atoms with Crippen molar-refractivity contribution in [2.45, 2.75) is 20.3 Å². The molecular weight excluding hydrogens is 297 g/mol. The van der Waals surface area contributed by atoms with Crippen LogP contribution in [0.4, 0.5) is 10.1 Å². The summed E-state index contributed by atoms with van der Waals surface area (Å²) in [4.78, 5) is 20.5. The number of benzene rings is 1. The SMILES string of the molecule is Cc1ncc(OC[C@H]2C[C@H]2C(=O)Nc2ccc(F)cc2)c(C)n1. The van der Waals surface area contributed by atoms with Gasteiger partial charge < -0.3 is 10.1 Å². The van der Waals surface area contributed by atoms with Crippen molar-refractivity contribution in [3.05, 3.63) is 47.8 Å². The fourth-order valence-corrected chi connectivity index (χ4v) is 2.43. The molecule has 0 aliphatic heterocycles. The number of ether oxygens (including phenoxy) is 1. The van der Waals surface area contributed by atoms with Gasteiger partial charge in [-0.15, -0.1) is 0 Å². The molecule has 1 N–H and O–H groups in total. The monoisotopic (exact) mass is 315 g/mol. The van der Waals surface area contributed by atoms with E-state index in [1.54, 1.807) is 18.3 Å². The van der Waals surface area contributed by atoms with Crippen molar-refractivity contribution in [2.75, 3.05) is 11.9 Å². The number of hydrogen-bond acceptors (Lipinski definition) is 4. The summed E-state index contributed by atoms with van der Waals surface area (Å²) in [6.45, 7) is 4.16. The van der Waals surface area contributed by atoms with Crippen molar-refractivity contribution in [1.29, 1.82) is 0 Å². The first-order valence-corrected chi connectivity index (χ1v) is 7.52. The Balaban J connectivity index is 1.49. The quantitative estimate of drug-likeness (QED) is 0.921. The fourth-order valence-electron chi connectivity index (χ4n) is 2.43. The normalized spacial score (nSPS) is 19.3. The highest BCUT2D eigenvalue weighted by Gasteiger charge is 2.43. The zero-order chi connectivity index (χ0) is 16.4. The standard InChI is InChI=1S/C17H18FN3O2/c1-10-16(8-19-11(2)20-10)23-9-12-7-15(12)17(22)21-14-5-3-13(18)4-6-14/h3-6,8,12,15H,7,9H2,1-2H3,(H,21,22)/t12-,15-/m1/s1. The van der Waals surface area contributed by atoms with E-state index in [9.17, 15) is 9.18 Å². The lowest BCUT2D eigenvalue weighted by atomic mass is 10.2. The second kappa shape index (κ2) is 6.32. The number of carbonyl (C=O) groups excluding carboxylic acids is 1. The maximum Gasteiger partial charge on any atom is 0.227 e. The van der Waals surface area contributed by atoms with E-state index in [2.05, 4.69) is 15.3 Å². The molecule has 2 aromatic rings. The minimum Gasteiger partial charge on any atom is -0.490 e. The third-order valence-corrected chi connectivity index (χ3v) is 3.88. The number of halogens is 1. The topological polar surface area (TPSA) is 64.1 Å². The van der Waals surface area contributed by atoms with Gasteiger partial charge in [0.25, 0.3) is 0 Å². The van der Waals surface area contributed by atoms with Crippen molar-refractivity contribution >= 4 is 11.6 Å². The Kier molecular flexibility index (Phi) is 4.23. The second-order valence-corrected chi connectivity index (χ2v) is 5.78. The van der Waals surface area contributed by atoms with Crippen LogP contribution in [0.25, 0.3) is 0 Å². The second-order valence-electron chi connectivity index (χ2n) is 5.78. The van der Waals surface area contributed by atoms with Gasteiger partial charge in [-0.25, -0.2) is 14.4 Å². The minimum absolute atomic E-state index is 0.0536. The molecule has 0 radical (unpaired) electrons. The van der Waals surface area contributed by atoms with Crippen LogP contribution in [0.1, 0.15) is 17.9 Å². The van der Waals surface area contributed by atoms with Crippen LogP contribution >= 0.6 is 0 Å². The van der Waals surface area contributed by atoms with Crippen molar-refractivity contribution in [3.8, 4) is 5.75 Å². The number of aryl methyl sites for hydroxylation is 2. The van der Waals surface area contributed by atoms with Crippen LogP contribution in [-0.4, -0.2) is 22.5 Å². The first-order chi connectivity index (χ1) is 11.0. The number of amides is 1. The lowest BCUT2D eigenvalue weighted by Gasteiger charge is -2.08. The minimum atomic E-state index is -0.323. The molecule has 23 heavy (non-hydrogen) atoms. The average molecular weight is 315 g/mol. The summed E-state index contributed by atoms with van der Waals surface area (Å²) in [5.74, 6) is 1.11. The summed E-state index contributed by atoms with van der Waals surface area (Å²) in [5, 5.41) is 2.79. The van der Waals surface area contributed by atoms with Gasteiger partial charge in [0.1, 0.15) is 11.6 Å². The molecule has 1 fully saturated rings. The van der Waals surface area contributed by atoms with E-state index < -0.39 is 0 Å². The predicted molar refractivity (Wildman–Crippen MR) is 83.6 cm³/mol. The zero-order valence-corrected chi connectivity index (χ0v) is 13.0. The third-order valence-electron chi connectivity index (χ3n) is 3.88. The van der Waals surface area contributed by atoms with Gasteiger partial charge in [0, 0.05) is 17.5 Å². The van der Waals surface area contributed by atoms with Crippen molar-refractivity contribution in [2.24, 2.45) is 11.8 Å². The number of rotatable bonds is 5. The van der Waals surface area contributed by atoms with Gasteiger partial charge >= 0.3 is 0 Å². The number of aromatic nitrogens is 2. The van der Waals surface area contributed by atoms with E-state index in [4.69, 9.17) is 4.74 Å². The molecule has 1 saturated carbocycles. The van der Waals surface area contributed by atoms with E-state index >= 15 is 0 Å². The molecule has 0 saturated heterocycles. The summed E-state index contributed by atoms with van der Waals surface area (Å²) in [7, 11) is 0. The van der Waals surface area contributed by atoms with Gasteiger partial charge in [-0.1, -0.05) is 0 Å². The molecule has 1 aromatic heterocycles. The molecule has 3 rings (SSSR count). The van der Waals surface area contributed by atoms with Crippen LogP contribution in [0.5, 0.6) is 5.75 Å². The lowest BCUT2D eigenvalue weighted by Crippen LogP contribution is -2.16. The largest absolute Gasteiger partial charge is 0.490 e. The Morgan fingerprint density at radius 1 is 1.35 bits per heavy atom. The highest BCUT2D eigenvalue weighted by atomic mass is 19.1. The van der Waals surface area contributed by atoms with Gasteiger partial charge in [0.2, 0.25) is 5.91 Å². The fraction of sp³-hybridized carbons (Fsp3) is 0.353. The first-order valence-electron chi connectivity index (χ1n) is 7.52. The highest BCUT2D eigenvalue weighted by molar-refractivity contribution is 5.94. The van der Waals surface area contributed by atoms with Gasteiger partial charge in [0.05, 0.1) is 18.5 Å². The molecule has 0 unspecified atom stereocenters. The van der Waals surface area contributed by atoms with Gasteiger partial charge in [-0.05, 0) is 44.5 Å². The lowest BCUT2D eigenvalue weighted by molar-refractivity contribution is -0.117. The molecule has 6 heteroatoms. The molecule has 1 aliphatic carbocycles. The van der Waals surface area contributed by atoms with Crippen LogP contribution in [0.3, 0.4) is 0 Å². The van der Waals surface area contributed by atoms with E-state index in [1.165, 1.54) is 12.1 Å². The zero-order valence-electron chi connectivity index (χ0n) is 13.0. The first kappa shape index (κ1) is 15.4. The van der Waals surface area contributed by atoms with Crippen molar-refractivity contribution in [3.63, 3.8) is 0 Å². The number of nitrogens with one attached hydrogen (secondary N) is 1. The maximum absolute atomic E-state index is 12.8. The predicted octanol–water partition coefficient (Wildman–Crippen LogP) is 2.89. The molecule has 120 valence electrons. The Morgan fingerprint density at radius 2 is 2.09 bits per heavy atom. The Hall–Kier alpha value is -2.50. The van der Waals surface area contributed by atoms with E-state index in [0.717, 1.165) is 12.1 Å². The summed E-state index contributed by atoms with van der Waals surface area (Å²) in [6, 6.07) is 5.74. The van der Waals surface area contributed by atoms with Crippen LogP contribution in [-0.2, 0) is 4.79 Å². The molecule has 2 atom stereocenters. The maximum atomic E-state index is 12.8. The number of nitrogens with zero attached hydrogens (tertiary/aromatic N) is 2. The Labute approximate surface area is 133 Å². The summed E-state index contributed by atoms with van der Waals surface area (Å²) in [5.41, 5.74) is 1.40. The van der Waals surface area contributed by atoms with Crippen molar-refractivity contribution < 1.29 is 13.9 Å². The molecular formula is C17H18FN3O2. The van der Waals surface area contributed by atoms with E-state index in [0.29, 0.717) is 23.9 Å². The molecule has 1 heterocycles. The molecule has 0 bridgehead atoms. The molecule has 0 spiro atoms. The van der Waals surface area contributed by atoms with Crippen LogP contribution in [0, 0.1) is 31.5 Å². The molecule has 1 amide bonds. The van der Waals surface area contributed by atoms with Crippen LogP contribution in [0.15, 0.2) is 30.5 Å². The molecule has 1 aliphatic rings. The number of carbonyl (C=O) groups is 1. The van der Waals surface area contributed by atoms with Gasteiger partial charge in [-0.2, -0.15) is 0 Å². The van der Waals surface area contributed by atoms with E-state index in [-0.39, 0.29) is 23.6 Å². The van der Waals surface area contributed by atoms with Gasteiger partial charge in [-0.3, -0.25) is 4.79 Å². The highest BCUT2D eigenvalue weighted by Crippen LogP contribution is 2.39. The number of hydrogen-bond donors (Lipinski definition) is 1. The van der Waals surface area contributed by atoms with Crippen LogP contribution < -0.4 is 10.1 Å². The van der Waals surface area contributed by atoms with Crippen molar-refractivity contribution in [1.82, 2.24) is 9.97 Å². The van der Waals surface area contributed by atoms with Crippen LogP contribution in [0.2, 0.25) is 0 Å². The average Bonchev–Trinajstić information content (AvgIpc) is 3.28. The smallest absolute Gasteiger partial charge is 0.227 e. The summed E-state index contributed by atoms with van der Waals surface area (Å²) in [6.07, 6.45) is 2.45. The Bertz CT molecular complexity index is 718. The molecule has 1 aromatic carbocycles. The van der Waals surface area contributed by atoms with Gasteiger partial charge in [0.15, 0.2) is 5.75 Å². The Morgan fingerprint density at radius 3 is 2.78 bits per heavy atom.